The third-order valence-electron chi connectivity index (χ3n) is 4.03. The lowest BCUT2D eigenvalue weighted by Crippen LogP contribution is -2.20. The van der Waals surface area contributed by atoms with Crippen molar-refractivity contribution >= 4 is 40.5 Å². The fraction of sp³-hybridized carbons (Fsp3) is 0.278. The van der Waals surface area contributed by atoms with E-state index in [1.807, 2.05) is 0 Å². The highest BCUT2D eigenvalue weighted by molar-refractivity contribution is 6.32. The first-order chi connectivity index (χ1) is 14.4. The van der Waals surface area contributed by atoms with Crippen LogP contribution in [0.4, 0.5) is 5.82 Å². The molecular formula is C18H19ClN6O5. The smallest absolute Gasteiger partial charge is 0.338 e. The number of aryl methyl sites for hydroxylation is 1. The number of ether oxygens (including phenoxy) is 3. The Labute approximate surface area is 175 Å². The highest BCUT2D eigenvalue weighted by atomic mass is 35.5. The molecule has 0 saturated carbocycles. The lowest BCUT2D eigenvalue weighted by atomic mass is 10.2. The molecule has 0 aliphatic carbocycles. The van der Waals surface area contributed by atoms with E-state index in [9.17, 15) is 9.59 Å². The van der Waals surface area contributed by atoms with Crippen LogP contribution < -0.4 is 20.9 Å². The van der Waals surface area contributed by atoms with Gasteiger partial charge in [-0.25, -0.2) is 19.7 Å². The summed E-state index contributed by atoms with van der Waals surface area (Å²) in [6, 6.07) is 2.78. The number of fused-ring (bicyclic) bond motifs is 1. The van der Waals surface area contributed by atoms with Gasteiger partial charge in [-0.05, 0) is 18.6 Å². The van der Waals surface area contributed by atoms with Crippen LogP contribution in [0.25, 0.3) is 11.2 Å². The molecule has 4 N–H and O–H groups in total. The molecule has 0 aliphatic heterocycles. The number of nitrogens with two attached hydrogens (primary N) is 2. The molecule has 0 atom stereocenters. The van der Waals surface area contributed by atoms with Crippen molar-refractivity contribution < 1.29 is 23.8 Å². The maximum absolute atomic E-state index is 12.4. The largest absolute Gasteiger partial charge is 0.493 e. The van der Waals surface area contributed by atoms with Crippen LogP contribution in [0.5, 0.6) is 11.5 Å². The number of imidazole rings is 1. The Kier molecular flexibility index (Phi) is 6.52. The van der Waals surface area contributed by atoms with Gasteiger partial charge < -0.3 is 30.2 Å². The summed E-state index contributed by atoms with van der Waals surface area (Å²) < 4.78 is 17.5. The first-order valence-electron chi connectivity index (χ1n) is 8.77. The molecular weight excluding hydrogens is 416 g/mol. The van der Waals surface area contributed by atoms with E-state index in [0.717, 1.165) is 0 Å². The van der Waals surface area contributed by atoms with Gasteiger partial charge in [-0.2, -0.15) is 0 Å². The topological polar surface area (TPSA) is 157 Å². The van der Waals surface area contributed by atoms with Crippen LogP contribution in [0.15, 0.2) is 24.8 Å². The fourth-order valence-electron chi connectivity index (χ4n) is 2.67. The Morgan fingerprint density at radius 2 is 2.03 bits per heavy atom. The van der Waals surface area contributed by atoms with E-state index in [1.165, 1.54) is 25.6 Å². The summed E-state index contributed by atoms with van der Waals surface area (Å²) in [7, 11) is 1.38. The Morgan fingerprint density at radius 1 is 1.23 bits per heavy atom. The lowest BCUT2D eigenvalue weighted by Gasteiger charge is -2.13. The van der Waals surface area contributed by atoms with Crippen LogP contribution in [0.3, 0.4) is 0 Å². The molecule has 0 saturated heterocycles. The van der Waals surface area contributed by atoms with Crippen LogP contribution >= 0.6 is 11.6 Å². The Morgan fingerprint density at radius 3 is 2.77 bits per heavy atom. The predicted molar refractivity (Wildman–Crippen MR) is 107 cm³/mol. The third-order valence-corrected chi connectivity index (χ3v) is 4.31. The van der Waals surface area contributed by atoms with Gasteiger partial charge in [-0.1, -0.05) is 11.6 Å². The van der Waals surface area contributed by atoms with Gasteiger partial charge in [0.2, 0.25) is 0 Å². The summed E-state index contributed by atoms with van der Waals surface area (Å²) in [6.45, 7) is 0.294. The molecule has 0 spiro atoms. The molecule has 158 valence electrons. The summed E-state index contributed by atoms with van der Waals surface area (Å²) in [6.07, 6.45) is 3.49. The van der Waals surface area contributed by atoms with Gasteiger partial charge in [0.15, 0.2) is 29.6 Å². The van der Waals surface area contributed by atoms with E-state index in [0.29, 0.717) is 29.9 Å². The van der Waals surface area contributed by atoms with E-state index in [1.54, 1.807) is 10.9 Å². The van der Waals surface area contributed by atoms with Crippen molar-refractivity contribution in [3.63, 3.8) is 0 Å². The first kappa shape index (κ1) is 21.1. The first-order valence-corrected chi connectivity index (χ1v) is 9.15. The maximum Gasteiger partial charge on any atom is 0.338 e. The lowest BCUT2D eigenvalue weighted by molar-refractivity contribution is -0.119. The quantitative estimate of drug-likeness (QED) is 0.372. The number of carbonyl (C=O) groups is 2. The number of hydrogen-bond donors (Lipinski definition) is 2. The normalized spacial score (nSPS) is 10.7. The number of amides is 1. The molecule has 0 radical (unpaired) electrons. The number of primary amides is 1. The fourth-order valence-corrected chi connectivity index (χ4v) is 2.93. The van der Waals surface area contributed by atoms with Crippen molar-refractivity contribution in [3.8, 4) is 11.5 Å². The van der Waals surface area contributed by atoms with E-state index in [-0.39, 0.29) is 35.3 Å². The highest BCUT2D eigenvalue weighted by Gasteiger charge is 2.17. The van der Waals surface area contributed by atoms with Gasteiger partial charge in [-0.15, -0.1) is 0 Å². The van der Waals surface area contributed by atoms with Crippen molar-refractivity contribution in [2.24, 2.45) is 5.73 Å². The number of esters is 1. The summed E-state index contributed by atoms with van der Waals surface area (Å²) >= 11 is 6.14. The number of halogens is 1. The number of hydrogen-bond acceptors (Lipinski definition) is 9. The highest BCUT2D eigenvalue weighted by Crippen LogP contribution is 2.36. The van der Waals surface area contributed by atoms with Crippen molar-refractivity contribution in [2.75, 3.05) is 26.1 Å². The minimum atomic E-state index is -0.670. The summed E-state index contributed by atoms with van der Waals surface area (Å²) in [4.78, 5) is 35.5. The number of nitrogen functional groups attached to an aromatic ring is 1. The molecule has 0 aliphatic rings. The second-order valence-corrected chi connectivity index (χ2v) is 6.51. The molecule has 0 fully saturated rings. The number of methoxy groups -OCH3 is 1. The summed E-state index contributed by atoms with van der Waals surface area (Å²) in [5.41, 5.74) is 12.1. The van der Waals surface area contributed by atoms with E-state index in [4.69, 9.17) is 37.3 Å². The standard InChI is InChI=1S/C18H19ClN6O5/c1-28-12-6-10(5-11(19)15(12)30-7-13(20)26)18(27)29-4-2-3-25-9-24-14-16(21)22-8-23-17(14)25/h5-6,8-9H,2-4,7H2,1H3,(H2,20,26)(H2,21,22,23). The van der Waals surface area contributed by atoms with Crippen molar-refractivity contribution in [1.82, 2.24) is 19.5 Å². The van der Waals surface area contributed by atoms with Gasteiger partial charge in [0.25, 0.3) is 5.91 Å². The molecule has 1 aromatic carbocycles. The Hall–Kier alpha value is -3.60. The SMILES string of the molecule is COc1cc(C(=O)OCCCn2cnc3c(N)ncnc32)cc(Cl)c1OCC(N)=O. The molecule has 0 bridgehead atoms. The predicted octanol–water partition coefficient (Wildman–Crippen LogP) is 1.18. The zero-order valence-corrected chi connectivity index (χ0v) is 16.8. The summed E-state index contributed by atoms with van der Waals surface area (Å²) in [5.74, 6) is -0.657. The average molecular weight is 435 g/mol. The molecule has 1 amide bonds. The molecule has 3 rings (SSSR count). The molecule has 0 unspecified atom stereocenters. The number of anilines is 1. The van der Waals surface area contributed by atoms with Crippen LogP contribution in [-0.4, -0.2) is 51.7 Å². The molecule has 30 heavy (non-hydrogen) atoms. The minimum absolute atomic E-state index is 0.0877. The van der Waals surface area contributed by atoms with Gasteiger partial charge >= 0.3 is 5.97 Å². The van der Waals surface area contributed by atoms with Gasteiger partial charge in [-0.3, -0.25) is 4.79 Å². The van der Waals surface area contributed by atoms with Crippen molar-refractivity contribution in [2.45, 2.75) is 13.0 Å². The third kappa shape index (κ3) is 4.69. The number of aromatic nitrogens is 4. The average Bonchev–Trinajstić information content (AvgIpc) is 3.13. The second kappa shape index (κ2) is 9.27. The number of benzene rings is 1. The maximum atomic E-state index is 12.4. The zero-order valence-electron chi connectivity index (χ0n) is 16.0. The molecule has 2 aromatic heterocycles. The van der Waals surface area contributed by atoms with E-state index >= 15 is 0 Å². The van der Waals surface area contributed by atoms with Gasteiger partial charge in [0.05, 0.1) is 30.6 Å². The van der Waals surface area contributed by atoms with Crippen molar-refractivity contribution in [3.05, 3.63) is 35.4 Å². The molecule has 2 heterocycles. The molecule has 3 aromatic rings. The van der Waals surface area contributed by atoms with Crippen LogP contribution in [0.2, 0.25) is 5.02 Å². The molecule has 12 heteroatoms. The van der Waals surface area contributed by atoms with Gasteiger partial charge in [0, 0.05) is 6.54 Å². The van der Waals surface area contributed by atoms with Crippen molar-refractivity contribution in [1.29, 1.82) is 0 Å². The van der Waals surface area contributed by atoms with Gasteiger partial charge in [0.1, 0.15) is 11.8 Å². The van der Waals surface area contributed by atoms with E-state index < -0.39 is 11.9 Å². The van der Waals surface area contributed by atoms with Crippen LogP contribution in [0, 0.1) is 0 Å². The number of carbonyl (C=O) groups excluding carboxylic acids is 2. The number of nitrogens with zero attached hydrogens (tertiary/aromatic N) is 4. The zero-order chi connectivity index (χ0) is 21.7. The minimum Gasteiger partial charge on any atom is -0.493 e. The number of rotatable bonds is 9. The monoisotopic (exact) mass is 434 g/mol. The van der Waals surface area contributed by atoms with Crippen LogP contribution in [0.1, 0.15) is 16.8 Å². The Balaban J connectivity index is 1.59. The second-order valence-electron chi connectivity index (χ2n) is 6.10. The summed E-state index contributed by atoms with van der Waals surface area (Å²) in [5, 5.41) is 0.0877. The van der Waals surface area contributed by atoms with Crippen LogP contribution in [-0.2, 0) is 16.1 Å². The molecule has 11 nitrogen and oxygen atoms in total. The Bertz CT molecular complexity index is 1090. The van der Waals surface area contributed by atoms with E-state index in [2.05, 4.69) is 15.0 Å².